The minimum atomic E-state index is -1.85. The van der Waals surface area contributed by atoms with Gasteiger partial charge in [-0.3, -0.25) is 9.59 Å². The highest BCUT2D eigenvalue weighted by Crippen LogP contribution is 1.82. The van der Waals surface area contributed by atoms with Gasteiger partial charge in [-0.1, -0.05) is 0 Å². The lowest BCUT2D eigenvalue weighted by Gasteiger charge is -1.95. The summed E-state index contributed by atoms with van der Waals surface area (Å²) in [6.07, 6.45) is -1.85. The van der Waals surface area contributed by atoms with E-state index in [9.17, 15) is 19.2 Å². The van der Waals surface area contributed by atoms with E-state index in [1.165, 1.54) is 0 Å². The fourth-order valence-electron chi connectivity index (χ4n) is 0.337. The average molecular weight is 236 g/mol. The molecule has 0 amide bonds. The Morgan fingerprint density at radius 1 is 1.12 bits per heavy atom. The molecule has 0 radical (unpaired) electrons. The molecule has 3 N–H and O–H groups in total. The lowest BCUT2D eigenvalue weighted by Crippen LogP contribution is -2.26. The second-order valence-corrected chi connectivity index (χ2v) is 2.53. The number of Topliss-reactive ketones (excluding diaryl/α,β-unsaturated/α-hetero) is 1. The van der Waals surface area contributed by atoms with Gasteiger partial charge < -0.3 is 20.1 Å². The van der Waals surface area contributed by atoms with Gasteiger partial charge in [0.05, 0.1) is 0 Å². The van der Waals surface area contributed by atoms with Crippen LogP contribution >= 0.6 is 0 Å². The van der Waals surface area contributed by atoms with Crippen LogP contribution in [-0.2, 0) is 23.9 Å². The molecular weight excluding hydrogens is 224 g/mol. The van der Waals surface area contributed by atoms with E-state index in [1.54, 1.807) is 0 Å². The van der Waals surface area contributed by atoms with Crippen LogP contribution in [0.4, 0.5) is 0 Å². The minimum Gasteiger partial charge on any atom is -0.479 e. The molecule has 0 rings (SSSR count). The van der Waals surface area contributed by atoms with Gasteiger partial charge in [0.25, 0.3) is 0 Å². The van der Waals surface area contributed by atoms with E-state index in [0.29, 0.717) is 0 Å². The number of hydrogen-bond donors (Lipinski definition) is 3. The summed E-state index contributed by atoms with van der Waals surface area (Å²) in [7, 11) is 0. The van der Waals surface area contributed by atoms with E-state index in [1.807, 2.05) is 0 Å². The molecule has 0 aromatic heterocycles. The van der Waals surface area contributed by atoms with Gasteiger partial charge in [0.2, 0.25) is 6.10 Å². The quantitative estimate of drug-likeness (QED) is 0.402. The van der Waals surface area contributed by atoms with E-state index in [2.05, 4.69) is 4.74 Å². The van der Waals surface area contributed by atoms with Crippen molar-refractivity contribution in [1.29, 1.82) is 0 Å². The molecule has 0 spiro atoms. The third-order valence-corrected chi connectivity index (χ3v) is 1.02. The number of rotatable bonds is 4. The van der Waals surface area contributed by atoms with Crippen molar-refractivity contribution in [3.8, 4) is 0 Å². The second-order valence-electron chi connectivity index (χ2n) is 2.53. The van der Waals surface area contributed by atoms with Crippen LogP contribution in [-0.4, -0.2) is 51.7 Å². The van der Waals surface area contributed by atoms with Crippen LogP contribution in [0.3, 0.4) is 0 Å². The Labute approximate surface area is 90.4 Å². The number of carboxylic acid groups (broad SMARTS) is 2. The van der Waals surface area contributed by atoms with Crippen LogP contribution in [0, 0.1) is 0 Å². The zero-order valence-corrected chi connectivity index (χ0v) is 8.67. The molecule has 0 heterocycles. The zero-order valence-electron chi connectivity index (χ0n) is 8.67. The van der Waals surface area contributed by atoms with Gasteiger partial charge in [-0.25, -0.2) is 9.59 Å². The number of aliphatic carboxylic acids is 2. The normalized spacial score (nSPS) is 10.4. The van der Waals surface area contributed by atoms with E-state index in [-0.39, 0.29) is 0 Å². The van der Waals surface area contributed by atoms with E-state index in [0.717, 1.165) is 13.8 Å². The predicted octanol–water partition coefficient (Wildman–Crippen LogP) is -1.34. The Hall–Kier alpha value is -1.96. The maximum Gasteiger partial charge on any atom is 0.341 e. The Bertz CT molecular complexity index is 254. The molecule has 0 bridgehead atoms. The van der Waals surface area contributed by atoms with Crippen LogP contribution < -0.4 is 0 Å². The highest BCUT2D eigenvalue weighted by atomic mass is 16.5. The van der Waals surface area contributed by atoms with E-state index < -0.39 is 36.4 Å². The number of ketones is 1. The van der Waals surface area contributed by atoms with Crippen molar-refractivity contribution in [2.24, 2.45) is 0 Å². The summed E-state index contributed by atoms with van der Waals surface area (Å²) in [5.41, 5.74) is 0. The van der Waals surface area contributed by atoms with Crippen molar-refractivity contribution in [2.45, 2.75) is 20.0 Å². The summed E-state index contributed by atoms with van der Waals surface area (Å²) in [5.74, 6) is -3.97. The van der Waals surface area contributed by atoms with E-state index >= 15 is 0 Å². The first-order chi connectivity index (χ1) is 7.18. The van der Waals surface area contributed by atoms with Gasteiger partial charge in [0.15, 0.2) is 12.4 Å². The molecule has 0 aliphatic heterocycles. The monoisotopic (exact) mass is 236 g/mol. The fourth-order valence-corrected chi connectivity index (χ4v) is 0.337. The number of carbonyl (C=O) groups is 4. The average Bonchev–Trinajstić information content (AvgIpc) is 2.14. The largest absolute Gasteiger partial charge is 0.479 e. The first-order valence-electron chi connectivity index (χ1n) is 3.95. The Morgan fingerprint density at radius 2 is 1.56 bits per heavy atom. The molecule has 0 aromatic rings. The maximum absolute atomic E-state index is 9.95. The van der Waals surface area contributed by atoms with Gasteiger partial charge in [0, 0.05) is 6.92 Å². The molecule has 92 valence electrons. The SMILES string of the molecule is CC(=O)C(O)C(=O)O.CC(=O)OCC(=O)O. The van der Waals surface area contributed by atoms with Crippen molar-refractivity contribution < 1.29 is 39.2 Å². The zero-order chi connectivity index (χ0) is 13.3. The molecule has 8 nitrogen and oxygen atoms in total. The number of ether oxygens (including phenoxy) is 1. The number of aliphatic hydroxyl groups excluding tert-OH is 1. The van der Waals surface area contributed by atoms with Crippen LogP contribution in [0.5, 0.6) is 0 Å². The maximum atomic E-state index is 9.95. The Morgan fingerprint density at radius 3 is 1.62 bits per heavy atom. The summed E-state index contributed by atoms with van der Waals surface area (Å²) < 4.78 is 4.06. The molecule has 8 heteroatoms. The number of carbonyl (C=O) groups excluding carboxylic acids is 2. The van der Waals surface area contributed by atoms with Crippen molar-refractivity contribution in [3.05, 3.63) is 0 Å². The molecule has 1 unspecified atom stereocenters. The summed E-state index contributed by atoms with van der Waals surface area (Å²) in [6, 6.07) is 0. The molecule has 0 fully saturated rings. The smallest absolute Gasteiger partial charge is 0.341 e. The third-order valence-electron chi connectivity index (χ3n) is 1.02. The number of carboxylic acids is 2. The lowest BCUT2D eigenvalue weighted by atomic mass is 10.3. The van der Waals surface area contributed by atoms with Crippen molar-refractivity contribution in [3.63, 3.8) is 0 Å². The Balaban J connectivity index is 0. The predicted molar refractivity (Wildman–Crippen MR) is 48.6 cm³/mol. The number of hydrogen-bond acceptors (Lipinski definition) is 6. The van der Waals surface area contributed by atoms with E-state index in [4.69, 9.17) is 15.3 Å². The summed E-state index contributed by atoms with van der Waals surface area (Å²) >= 11 is 0. The molecular formula is C8H12O8. The molecule has 0 saturated carbocycles. The first kappa shape index (κ1) is 16.5. The number of esters is 1. The molecule has 0 saturated heterocycles. The third kappa shape index (κ3) is 12.0. The summed E-state index contributed by atoms with van der Waals surface area (Å²) in [5, 5.41) is 24.0. The standard InChI is InChI=1S/2C4H6O4/c1-3(5)8-2-4(6)7;1-2(5)3(6)4(7)8/h2H2,1H3,(H,6,7);3,6H,1H3,(H,7,8). The van der Waals surface area contributed by atoms with Crippen LogP contribution in [0.2, 0.25) is 0 Å². The summed E-state index contributed by atoms with van der Waals surface area (Å²) in [4.78, 5) is 39.1. The van der Waals surface area contributed by atoms with Crippen LogP contribution in [0.15, 0.2) is 0 Å². The van der Waals surface area contributed by atoms with Gasteiger partial charge in [-0.2, -0.15) is 0 Å². The van der Waals surface area contributed by atoms with Crippen molar-refractivity contribution in [1.82, 2.24) is 0 Å². The molecule has 0 aliphatic carbocycles. The minimum absolute atomic E-state index is 0.546. The topological polar surface area (TPSA) is 138 Å². The first-order valence-corrected chi connectivity index (χ1v) is 3.95. The number of aliphatic hydroxyl groups is 1. The second kappa shape index (κ2) is 8.36. The highest BCUT2D eigenvalue weighted by Gasteiger charge is 2.17. The van der Waals surface area contributed by atoms with Gasteiger partial charge in [-0.15, -0.1) is 0 Å². The molecule has 0 aliphatic rings. The lowest BCUT2D eigenvalue weighted by molar-refractivity contribution is -0.153. The molecule has 16 heavy (non-hydrogen) atoms. The van der Waals surface area contributed by atoms with Gasteiger partial charge >= 0.3 is 17.9 Å². The van der Waals surface area contributed by atoms with Crippen molar-refractivity contribution in [2.75, 3.05) is 6.61 Å². The van der Waals surface area contributed by atoms with Crippen LogP contribution in [0.25, 0.3) is 0 Å². The molecule has 1 atom stereocenters. The van der Waals surface area contributed by atoms with Crippen molar-refractivity contribution >= 4 is 23.7 Å². The van der Waals surface area contributed by atoms with Crippen LogP contribution in [0.1, 0.15) is 13.8 Å². The van der Waals surface area contributed by atoms with Gasteiger partial charge in [0.1, 0.15) is 0 Å². The summed E-state index contributed by atoms with van der Waals surface area (Å²) in [6.45, 7) is 1.62. The Kier molecular flexibility index (Phi) is 8.60. The van der Waals surface area contributed by atoms with Gasteiger partial charge in [-0.05, 0) is 6.92 Å². The highest BCUT2D eigenvalue weighted by molar-refractivity contribution is 5.99. The molecule has 0 aromatic carbocycles. The fraction of sp³-hybridized carbons (Fsp3) is 0.500.